The molecule has 0 saturated heterocycles. The summed E-state index contributed by atoms with van der Waals surface area (Å²) in [5, 5.41) is 0. The largest absolute Gasteiger partial charge is 0.329 e. The molecule has 2 rings (SSSR count). The van der Waals surface area contributed by atoms with E-state index in [9.17, 15) is 9.59 Å². The highest BCUT2D eigenvalue weighted by atomic mass is 16.2. The Kier molecular flexibility index (Phi) is 4.59. The van der Waals surface area contributed by atoms with Crippen molar-refractivity contribution in [2.45, 2.75) is 32.7 Å². The minimum atomic E-state index is -0.446. The number of nitrogens with zero attached hydrogens (tertiary/aromatic N) is 1. The van der Waals surface area contributed by atoms with Crippen molar-refractivity contribution in [1.82, 2.24) is 9.55 Å². The van der Waals surface area contributed by atoms with Crippen LogP contribution < -0.4 is 22.5 Å². The second kappa shape index (κ2) is 6.41. The highest BCUT2D eigenvalue weighted by molar-refractivity contribution is 5.47. The third-order valence-corrected chi connectivity index (χ3v) is 3.55. The molecule has 0 aliphatic rings. The predicted octanol–water partition coefficient (Wildman–Crippen LogP) is 1.38. The number of aromatic nitrogens is 2. The molecule has 1 unspecified atom stereocenters. The Morgan fingerprint density at radius 3 is 2.52 bits per heavy atom. The monoisotopic (exact) mass is 288 g/mol. The average Bonchev–Trinajstić information content (AvgIpc) is 2.51. The molecule has 0 fully saturated rings. The molecule has 1 heterocycles. The van der Waals surface area contributed by atoms with Gasteiger partial charge >= 0.3 is 5.69 Å². The number of nitrogen functional groups attached to an aromatic ring is 1. The van der Waals surface area contributed by atoms with E-state index in [0.717, 1.165) is 5.56 Å². The van der Waals surface area contributed by atoms with Gasteiger partial charge in [0.05, 0.1) is 5.56 Å². The zero-order valence-electron chi connectivity index (χ0n) is 12.2. The van der Waals surface area contributed by atoms with Crippen molar-refractivity contribution >= 4 is 5.82 Å². The topological polar surface area (TPSA) is 92.9 Å². The van der Waals surface area contributed by atoms with Crippen LogP contribution in [-0.4, -0.2) is 9.55 Å². The molecule has 0 aliphatic carbocycles. The number of aromatic amines is 1. The van der Waals surface area contributed by atoms with Crippen LogP contribution in [0.2, 0.25) is 0 Å². The van der Waals surface area contributed by atoms with Crippen molar-refractivity contribution in [3.8, 4) is 0 Å². The summed E-state index contributed by atoms with van der Waals surface area (Å²) in [7, 11) is 0. The van der Waals surface area contributed by atoms with Gasteiger partial charge < -0.3 is 5.43 Å². The summed E-state index contributed by atoms with van der Waals surface area (Å²) in [6, 6.07) is 9.63. The summed E-state index contributed by atoms with van der Waals surface area (Å²) in [6.07, 6.45) is 0.706. The molecule has 1 atom stereocenters. The van der Waals surface area contributed by atoms with Crippen LogP contribution in [0.15, 0.2) is 39.9 Å². The number of hydrogen-bond donors (Lipinski definition) is 3. The molecule has 6 heteroatoms. The fourth-order valence-electron chi connectivity index (χ4n) is 2.44. The molecule has 0 spiro atoms. The Morgan fingerprint density at radius 2 is 1.95 bits per heavy atom. The van der Waals surface area contributed by atoms with Crippen LogP contribution in [0, 0.1) is 0 Å². The van der Waals surface area contributed by atoms with Crippen LogP contribution in [0.1, 0.15) is 37.3 Å². The Balaban J connectivity index is 2.64. The van der Waals surface area contributed by atoms with E-state index in [1.165, 1.54) is 4.57 Å². The third-order valence-electron chi connectivity index (χ3n) is 3.55. The lowest BCUT2D eigenvalue weighted by Crippen LogP contribution is -2.39. The second-order valence-corrected chi connectivity index (χ2v) is 4.95. The van der Waals surface area contributed by atoms with E-state index in [-0.39, 0.29) is 17.3 Å². The smallest absolute Gasteiger partial charge is 0.310 e. The normalized spacial score (nSPS) is 12.1. The molecule has 112 valence electrons. The van der Waals surface area contributed by atoms with Gasteiger partial charge in [-0.25, -0.2) is 10.6 Å². The number of H-pyrrole nitrogens is 1. The Labute approximate surface area is 122 Å². The molecule has 21 heavy (non-hydrogen) atoms. The maximum absolute atomic E-state index is 12.6. The summed E-state index contributed by atoms with van der Waals surface area (Å²) >= 11 is 0. The van der Waals surface area contributed by atoms with E-state index >= 15 is 0 Å². The standard InChI is InChI=1S/C15H20N4O2/c1-3-9-19-14(20)12(13(18-16)17-15(19)21)10(2)11-7-5-4-6-8-11/h4-8,10,18H,3,9,16H2,1-2H3,(H,17,21). The van der Waals surface area contributed by atoms with E-state index in [0.29, 0.717) is 18.5 Å². The first-order chi connectivity index (χ1) is 10.1. The van der Waals surface area contributed by atoms with Crippen LogP contribution >= 0.6 is 0 Å². The molecule has 0 radical (unpaired) electrons. The van der Waals surface area contributed by atoms with Crippen molar-refractivity contribution < 1.29 is 0 Å². The number of hydrazine groups is 1. The average molecular weight is 288 g/mol. The molecule has 0 aliphatic heterocycles. The Morgan fingerprint density at radius 1 is 1.29 bits per heavy atom. The van der Waals surface area contributed by atoms with E-state index < -0.39 is 5.69 Å². The molecule has 1 aromatic heterocycles. The minimum Gasteiger partial charge on any atom is -0.310 e. The molecule has 0 bridgehead atoms. The molecule has 1 aromatic carbocycles. The summed E-state index contributed by atoms with van der Waals surface area (Å²) in [5.74, 6) is 5.56. The van der Waals surface area contributed by atoms with Crippen LogP contribution in [0.5, 0.6) is 0 Å². The summed E-state index contributed by atoms with van der Waals surface area (Å²) < 4.78 is 1.22. The summed E-state index contributed by atoms with van der Waals surface area (Å²) in [5.41, 5.74) is 3.14. The van der Waals surface area contributed by atoms with Gasteiger partial charge in [0.25, 0.3) is 5.56 Å². The molecule has 0 amide bonds. The fraction of sp³-hybridized carbons (Fsp3) is 0.333. The Hall–Kier alpha value is -2.34. The van der Waals surface area contributed by atoms with Gasteiger partial charge in [0, 0.05) is 12.5 Å². The van der Waals surface area contributed by atoms with Gasteiger partial charge in [-0.2, -0.15) is 0 Å². The first-order valence-corrected chi connectivity index (χ1v) is 6.98. The van der Waals surface area contributed by atoms with Crippen molar-refractivity contribution in [3.05, 3.63) is 62.3 Å². The number of nitrogens with two attached hydrogens (primary N) is 1. The maximum atomic E-state index is 12.6. The summed E-state index contributed by atoms with van der Waals surface area (Å²) in [6.45, 7) is 4.22. The van der Waals surface area contributed by atoms with Crippen LogP contribution in [0.3, 0.4) is 0 Å². The van der Waals surface area contributed by atoms with Crippen molar-refractivity contribution in [3.63, 3.8) is 0 Å². The van der Waals surface area contributed by atoms with Gasteiger partial charge in [-0.1, -0.05) is 44.2 Å². The lowest BCUT2D eigenvalue weighted by molar-refractivity contribution is 0.604. The maximum Gasteiger partial charge on any atom is 0.329 e. The van der Waals surface area contributed by atoms with Crippen LogP contribution in [-0.2, 0) is 6.54 Å². The van der Waals surface area contributed by atoms with Gasteiger partial charge in [0.2, 0.25) is 0 Å². The SMILES string of the molecule is CCCn1c(=O)[nH]c(NN)c(C(C)c2ccccc2)c1=O. The van der Waals surface area contributed by atoms with Crippen LogP contribution in [0.4, 0.5) is 5.82 Å². The zero-order valence-corrected chi connectivity index (χ0v) is 12.2. The van der Waals surface area contributed by atoms with E-state index in [2.05, 4.69) is 10.4 Å². The van der Waals surface area contributed by atoms with Gasteiger partial charge in [-0.3, -0.25) is 14.3 Å². The zero-order chi connectivity index (χ0) is 15.4. The van der Waals surface area contributed by atoms with E-state index in [4.69, 9.17) is 5.84 Å². The number of anilines is 1. The van der Waals surface area contributed by atoms with Crippen molar-refractivity contribution in [2.24, 2.45) is 5.84 Å². The lowest BCUT2D eigenvalue weighted by Gasteiger charge is -2.17. The number of hydrogen-bond acceptors (Lipinski definition) is 4. The second-order valence-electron chi connectivity index (χ2n) is 4.95. The fourth-order valence-corrected chi connectivity index (χ4v) is 2.44. The molecule has 6 nitrogen and oxygen atoms in total. The van der Waals surface area contributed by atoms with Gasteiger partial charge in [-0.05, 0) is 12.0 Å². The molecule has 0 saturated carbocycles. The molecular formula is C15H20N4O2. The van der Waals surface area contributed by atoms with Crippen molar-refractivity contribution in [2.75, 3.05) is 5.43 Å². The van der Waals surface area contributed by atoms with E-state index in [1.54, 1.807) is 0 Å². The predicted molar refractivity (Wildman–Crippen MR) is 83.4 cm³/mol. The van der Waals surface area contributed by atoms with Crippen LogP contribution in [0.25, 0.3) is 0 Å². The van der Waals surface area contributed by atoms with Gasteiger partial charge in [-0.15, -0.1) is 0 Å². The summed E-state index contributed by atoms with van der Waals surface area (Å²) in [4.78, 5) is 27.2. The molecule has 4 N–H and O–H groups in total. The third kappa shape index (κ3) is 2.90. The lowest BCUT2D eigenvalue weighted by atomic mass is 9.94. The number of rotatable bonds is 5. The minimum absolute atomic E-state index is 0.176. The molecular weight excluding hydrogens is 268 g/mol. The number of benzene rings is 1. The highest BCUT2D eigenvalue weighted by Crippen LogP contribution is 2.24. The van der Waals surface area contributed by atoms with Gasteiger partial charge in [0.1, 0.15) is 5.82 Å². The van der Waals surface area contributed by atoms with Crippen molar-refractivity contribution in [1.29, 1.82) is 0 Å². The quantitative estimate of drug-likeness (QED) is 0.572. The first kappa shape index (κ1) is 15.1. The number of nitrogens with one attached hydrogen (secondary N) is 2. The van der Waals surface area contributed by atoms with Gasteiger partial charge in [0.15, 0.2) is 0 Å². The molecule has 2 aromatic rings. The Bertz CT molecular complexity index is 719. The first-order valence-electron chi connectivity index (χ1n) is 6.98. The van der Waals surface area contributed by atoms with E-state index in [1.807, 2.05) is 44.2 Å². The highest BCUT2D eigenvalue weighted by Gasteiger charge is 2.20.